The number of aromatic amines is 1. The van der Waals surface area contributed by atoms with Gasteiger partial charge in [0.05, 0.1) is 28.6 Å². The van der Waals surface area contributed by atoms with Gasteiger partial charge in [0.1, 0.15) is 0 Å². The molecule has 1 aromatic heterocycles. The lowest BCUT2D eigenvalue weighted by molar-refractivity contribution is 0.428. The van der Waals surface area contributed by atoms with Gasteiger partial charge in [0.15, 0.2) is 6.19 Å². The van der Waals surface area contributed by atoms with Crippen molar-refractivity contribution in [2.75, 3.05) is 17.3 Å². The van der Waals surface area contributed by atoms with Gasteiger partial charge in [0.25, 0.3) is 5.56 Å². The average Bonchev–Trinajstić information content (AvgIpc) is 2.54. The molecule has 0 bridgehead atoms. The third-order valence-corrected chi connectivity index (χ3v) is 4.39. The lowest BCUT2D eigenvalue weighted by atomic mass is 9.94. The van der Waals surface area contributed by atoms with Crippen LogP contribution in [0.15, 0.2) is 23.1 Å². The first-order chi connectivity index (χ1) is 10.7. The number of fused-ring (bicyclic) bond motifs is 1. The zero-order valence-electron chi connectivity index (χ0n) is 12.6. The van der Waals surface area contributed by atoms with Crippen LogP contribution in [-0.2, 0) is 0 Å². The van der Waals surface area contributed by atoms with Gasteiger partial charge in [-0.2, -0.15) is 5.26 Å². The molecule has 0 unspecified atom stereocenters. The number of nitriles is 1. The largest absolute Gasteiger partial charge is 0.370 e. The Morgan fingerprint density at radius 1 is 1.36 bits per heavy atom. The van der Waals surface area contributed by atoms with Crippen molar-refractivity contribution in [3.63, 3.8) is 0 Å². The van der Waals surface area contributed by atoms with E-state index in [4.69, 9.17) is 5.26 Å². The molecule has 0 spiro atoms. The highest BCUT2D eigenvalue weighted by molar-refractivity contribution is 5.88. The van der Waals surface area contributed by atoms with Gasteiger partial charge in [0, 0.05) is 13.1 Å². The molecular formula is C16H19N5O. The van der Waals surface area contributed by atoms with Crippen LogP contribution in [0.3, 0.4) is 0 Å². The molecule has 1 aliphatic rings. The number of hydrogen-bond donors (Lipinski definition) is 2. The molecule has 0 atom stereocenters. The first kappa shape index (κ1) is 14.4. The first-order valence-electron chi connectivity index (χ1n) is 7.60. The van der Waals surface area contributed by atoms with Gasteiger partial charge in [-0.1, -0.05) is 19.3 Å². The Morgan fingerprint density at radius 3 is 2.86 bits per heavy atom. The molecule has 1 saturated carbocycles. The van der Waals surface area contributed by atoms with Crippen LogP contribution in [0.25, 0.3) is 11.0 Å². The molecular weight excluding hydrogens is 278 g/mol. The summed E-state index contributed by atoms with van der Waals surface area (Å²) in [6.07, 6.45) is 9.38. The summed E-state index contributed by atoms with van der Waals surface area (Å²) in [4.78, 5) is 20.6. The first-order valence-corrected chi connectivity index (χ1v) is 7.60. The van der Waals surface area contributed by atoms with Crippen LogP contribution in [-0.4, -0.2) is 23.1 Å². The maximum Gasteiger partial charge on any atom is 0.266 e. The van der Waals surface area contributed by atoms with Crippen molar-refractivity contribution in [3.05, 3.63) is 28.7 Å². The lowest BCUT2D eigenvalue weighted by Gasteiger charge is -2.34. The maximum absolute atomic E-state index is 11.4. The van der Waals surface area contributed by atoms with Gasteiger partial charge in [-0.3, -0.25) is 10.1 Å². The molecule has 1 heterocycles. The van der Waals surface area contributed by atoms with E-state index in [-0.39, 0.29) is 5.56 Å². The van der Waals surface area contributed by atoms with Crippen LogP contribution >= 0.6 is 0 Å². The monoisotopic (exact) mass is 297 g/mol. The van der Waals surface area contributed by atoms with Gasteiger partial charge in [0.2, 0.25) is 0 Å². The van der Waals surface area contributed by atoms with Gasteiger partial charge in [-0.15, -0.1) is 0 Å². The molecule has 6 heteroatoms. The van der Waals surface area contributed by atoms with Crippen LogP contribution in [0, 0.1) is 11.5 Å². The molecule has 3 rings (SSSR count). The molecule has 1 aromatic carbocycles. The summed E-state index contributed by atoms with van der Waals surface area (Å²) < 4.78 is 0. The van der Waals surface area contributed by atoms with Crippen molar-refractivity contribution in [3.8, 4) is 6.19 Å². The van der Waals surface area contributed by atoms with E-state index in [2.05, 4.69) is 27.2 Å². The number of benzene rings is 1. The van der Waals surface area contributed by atoms with E-state index < -0.39 is 0 Å². The molecule has 22 heavy (non-hydrogen) atoms. The maximum atomic E-state index is 11.4. The number of H-pyrrole nitrogens is 1. The smallest absolute Gasteiger partial charge is 0.266 e. The second kappa shape index (κ2) is 6.06. The standard InChI is InChI=1S/C16H19N5O/c1-21(11-5-3-2-4-6-11)15-8-12-13(7-14(15)19-10-17)20-16(22)9-18-12/h7-9,11,19H,2-6H2,1H3,(H,20,22). The van der Waals surface area contributed by atoms with Gasteiger partial charge < -0.3 is 9.88 Å². The summed E-state index contributed by atoms with van der Waals surface area (Å²) in [5.74, 6) is 0. The highest BCUT2D eigenvalue weighted by Crippen LogP contribution is 2.33. The third kappa shape index (κ3) is 2.75. The minimum atomic E-state index is -0.246. The third-order valence-electron chi connectivity index (χ3n) is 4.39. The predicted octanol–water partition coefficient (Wildman–Crippen LogP) is 2.58. The van der Waals surface area contributed by atoms with Crippen molar-refractivity contribution in [1.29, 1.82) is 5.26 Å². The minimum absolute atomic E-state index is 0.246. The van der Waals surface area contributed by atoms with Crippen LogP contribution in [0.4, 0.5) is 11.4 Å². The molecule has 1 fully saturated rings. The van der Waals surface area contributed by atoms with Crippen LogP contribution in [0.2, 0.25) is 0 Å². The van der Waals surface area contributed by atoms with Crippen LogP contribution in [0.1, 0.15) is 32.1 Å². The van der Waals surface area contributed by atoms with Crippen molar-refractivity contribution >= 4 is 22.4 Å². The number of aromatic nitrogens is 2. The highest BCUT2D eigenvalue weighted by Gasteiger charge is 2.21. The Labute approximate surface area is 128 Å². The molecule has 0 aliphatic heterocycles. The molecule has 0 saturated heterocycles. The van der Waals surface area contributed by atoms with Gasteiger partial charge in [-0.25, -0.2) is 4.98 Å². The van der Waals surface area contributed by atoms with Crippen molar-refractivity contribution in [1.82, 2.24) is 9.97 Å². The molecule has 0 amide bonds. The Kier molecular flexibility index (Phi) is 3.96. The minimum Gasteiger partial charge on any atom is -0.370 e. The molecule has 1 aliphatic carbocycles. The zero-order valence-corrected chi connectivity index (χ0v) is 12.6. The Balaban J connectivity index is 2.05. The van der Waals surface area contributed by atoms with E-state index in [1.54, 1.807) is 6.07 Å². The van der Waals surface area contributed by atoms with E-state index >= 15 is 0 Å². The lowest BCUT2D eigenvalue weighted by Crippen LogP contribution is -2.33. The van der Waals surface area contributed by atoms with Crippen LogP contribution < -0.4 is 15.8 Å². The highest BCUT2D eigenvalue weighted by atomic mass is 16.1. The number of anilines is 2. The second-order valence-electron chi connectivity index (χ2n) is 5.77. The number of nitrogens with one attached hydrogen (secondary N) is 2. The number of nitrogens with zero attached hydrogens (tertiary/aromatic N) is 3. The predicted molar refractivity (Wildman–Crippen MR) is 86.9 cm³/mol. The van der Waals surface area contributed by atoms with Crippen LogP contribution in [0.5, 0.6) is 0 Å². The second-order valence-corrected chi connectivity index (χ2v) is 5.77. The molecule has 0 radical (unpaired) electrons. The van der Waals surface area contributed by atoms with Crippen molar-refractivity contribution < 1.29 is 0 Å². The fraction of sp³-hybridized carbons (Fsp3) is 0.438. The van der Waals surface area contributed by atoms with E-state index in [0.717, 1.165) is 11.2 Å². The number of hydrogen-bond acceptors (Lipinski definition) is 5. The fourth-order valence-corrected chi connectivity index (χ4v) is 3.19. The Hall–Kier alpha value is -2.55. The summed E-state index contributed by atoms with van der Waals surface area (Å²) in [6.45, 7) is 0. The number of rotatable bonds is 3. The molecule has 2 N–H and O–H groups in total. The average molecular weight is 297 g/mol. The quantitative estimate of drug-likeness (QED) is 0.672. The topological polar surface area (TPSA) is 84.8 Å². The molecule has 6 nitrogen and oxygen atoms in total. The summed E-state index contributed by atoms with van der Waals surface area (Å²) in [5.41, 5.74) is 2.75. The SMILES string of the molecule is CN(c1cc2ncc(=O)[nH]c2cc1NC#N)C1CCCCC1. The van der Waals surface area contributed by atoms with E-state index in [1.807, 2.05) is 12.3 Å². The van der Waals surface area contributed by atoms with Gasteiger partial charge in [-0.05, 0) is 25.0 Å². The zero-order chi connectivity index (χ0) is 15.5. The Morgan fingerprint density at radius 2 is 2.14 bits per heavy atom. The normalized spacial score (nSPS) is 15.5. The van der Waals surface area contributed by atoms with Crippen molar-refractivity contribution in [2.24, 2.45) is 0 Å². The summed E-state index contributed by atoms with van der Waals surface area (Å²) in [6, 6.07) is 4.19. The summed E-state index contributed by atoms with van der Waals surface area (Å²) >= 11 is 0. The fourth-order valence-electron chi connectivity index (χ4n) is 3.19. The van der Waals surface area contributed by atoms with Gasteiger partial charge >= 0.3 is 0 Å². The summed E-state index contributed by atoms with van der Waals surface area (Å²) in [5, 5.41) is 11.7. The molecule has 114 valence electrons. The molecule has 2 aromatic rings. The van der Waals surface area contributed by atoms with E-state index in [1.165, 1.54) is 38.3 Å². The van der Waals surface area contributed by atoms with Crippen molar-refractivity contribution in [2.45, 2.75) is 38.1 Å². The van der Waals surface area contributed by atoms with E-state index in [9.17, 15) is 4.79 Å². The van der Waals surface area contributed by atoms with E-state index in [0.29, 0.717) is 17.2 Å². The Bertz CT molecular complexity index is 770. The summed E-state index contributed by atoms with van der Waals surface area (Å²) in [7, 11) is 2.06.